The Morgan fingerprint density at radius 1 is 1.12 bits per heavy atom. The second-order valence-electron chi connectivity index (χ2n) is 7.60. The van der Waals surface area contributed by atoms with Crippen LogP contribution < -0.4 is 10.2 Å². The van der Waals surface area contributed by atoms with Gasteiger partial charge in [0.1, 0.15) is 5.82 Å². The Balaban J connectivity index is 1.48. The van der Waals surface area contributed by atoms with Crippen LogP contribution in [-0.4, -0.2) is 48.2 Å². The standard InChI is InChI=1S/C23H24N8O/c1-30-21-13-17(8-7-16(21)14-26-30)27-23-24-10-9-22(28-23)31(11-2-3-12-32)20-6-4-5-19-18(20)15-25-29-19/h4-10,13-15,32H,2-3,11-12H2,1H3,(H,25,29)(H,24,27,28). The molecule has 0 atom stereocenters. The molecule has 0 aliphatic heterocycles. The lowest BCUT2D eigenvalue weighted by Gasteiger charge is -2.25. The van der Waals surface area contributed by atoms with Gasteiger partial charge in [-0.05, 0) is 49.2 Å². The van der Waals surface area contributed by atoms with Gasteiger partial charge in [-0.25, -0.2) is 4.98 Å². The van der Waals surface area contributed by atoms with Crippen LogP contribution in [0.3, 0.4) is 0 Å². The number of nitrogens with zero attached hydrogens (tertiary/aromatic N) is 6. The molecule has 5 rings (SSSR count). The number of fused-ring (bicyclic) bond motifs is 2. The van der Waals surface area contributed by atoms with Gasteiger partial charge in [-0.1, -0.05) is 6.07 Å². The van der Waals surface area contributed by atoms with E-state index in [1.807, 2.05) is 60.5 Å². The number of benzene rings is 2. The van der Waals surface area contributed by atoms with E-state index in [0.717, 1.165) is 51.8 Å². The minimum absolute atomic E-state index is 0.164. The summed E-state index contributed by atoms with van der Waals surface area (Å²) in [7, 11) is 1.92. The molecule has 0 aliphatic rings. The molecule has 9 heteroatoms. The number of rotatable bonds is 8. The molecule has 3 aromatic heterocycles. The molecular weight excluding hydrogens is 404 g/mol. The van der Waals surface area contributed by atoms with Crippen molar-refractivity contribution in [1.29, 1.82) is 0 Å². The summed E-state index contributed by atoms with van der Waals surface area (Å²) in [6.45, 7) is 0.874. The largest absolute Gasteiger partial charge is 0.396 e. The molecule has 3 N–H and O–H groups in total. The third-order valence-electron chi connectivity index (χ3n) is 5.47. The summed E-state index contributed by atoms with van der Waals surface area (Å²) in [5.74, 6) is 1.28. The maximum atomic E-state index is 9.27. The van der Waals surface area contributed by atoms with Crippen molar-refractivity contribution in [1.82, 2.24) is 29.9 Å². The number of hydrogen-bond acceptors (Lipinski definition) is 7. The molecule has 0 saturated heterocycles. The molecular formula is C23H24N8O. The number of H-pyrrole nitrogens is 1. The fraction of sp³-hybridized carbons (Fsp3) is 0.217. The molecule has 5 aromatic rings. The third-order valence-corrected chi connectivity index (χ3v) is 5.47. The first-order chi connectivity index (χ1) is 15.7. The van der Waals surface area contributed by atoms with E-state index in [0.29, 0.717) is 12.5 Å². The number of aliphatic hydroxyl groups excluding tert-OH is 1. The second kappa shape index (κ2) is 8.64. The molecule has 2 aromatic carbocycles. The van der Waals surface area contributed by atoms with Crippen molar-refractivity contribution in [3.63, 3.8) is 0 Å². The summed E-state index contributed by atoms with van der Waals surface area (Å²) in [4.78, 5) is 11.4. The normalized spacial score (nSPS) is 11.3. The van der Waals surface area contributed by atoms with Gasteiger partial charge < -0.3 is 15.3 Å². The predicted molar refractivity (Wildman–Crippen MR) is 125 cm³/mol. The molecule has 0 spiro atoms. The lowest BCUT2D eigenvalue weighted by atomic mass is 10.2. The monoisotopic (exact) mass is 428 g/mol. The van der Waals surface area contributed by atoms with E-state index in [1.54, 1.807) is 6.20 Å². The van der Waals surface area contributed by atoms with E-state index < -0.39 is 0 Å². The molecule has 9 nitrogen and oxygen atoms in total. The number of hydrogen-bond donors (Lipinski definition) is 3. The van der Waals surface area contributed by atoms with E-state index in [9.17, 15) is 5.11 Å². The Hall–Kier alpha value is -3.98. The van der Waals surface area contributed by atoms with Gasteiger partial charge in [-0.15, -0.1) is 0 Å². The third kappa shape index (κ3) is 3.85. The fourth-order valence-corrected chi connectivity index (χ4v) is 3.84. The van der Waals surface area contributed by atoms with Crippen LogP contribution in [-0.2, 0) is 7.05 Å². The maximum absolute atomic E-state index is 9.27. The van der Waals surface area contributed by atoms with E-state index in [2.05, 4.69) is 36.6 Å². The van der Waals surface area contributed by atoms with Gasteiger partial charge in [0.25, 0.3) is 0 Å². The van der Waals surface area contributed by atoms with E-state index in [4.69, 9.17) is 4.98 Å². The van der Waals surface area contributed by atoms with Crippen LogP contribution in [0.4, 0.5) is 23.1 Å². The maximum Gasteiger partial charge on any atom is 0.229 e. The van der Waals surface area contributed by atoms with Gasteiger partial charge in [0.15, 0.2) is 0 Å². The van der Waals surface area contributed by atoms with Crippen LogP contribution in [0.1, 0.15) is 12.8 Å². The predicted octanol–water partition coefficient (Wildman–Crippen LogP) is 3.89. The highest BCUT2D eigenvalue weighted by molar-refractivity contribution is 5.93. The fourth-order valence-electron chi connectivity index (χ4n) is 3.84. The first-order valence-corrected chi connectivity index (χ1v) is 10.6. The zero-order chi connectivity index (χ0) is 21.9. The van der Waals surface area contributed by atoms with Crippen molar-refractivity contribution in [3.8, 4) is 0 Å². The van der Waals surface area contributed by atoms with Gasteiger partial charge in [0.05, 0.1) is 29.1 Å². The van der Waals surface area contributed by atoms with Crippen LogP contribution in [0.25, 0.3) is 21.8 Å². The van der Waals surface area contributed by atoms with E-state index in [1.165, 1.54) is 0 Å². The first kappa shape index (κ1) is 20.0. The second-order valence-corrected chi connectivity index (χ2v) is 7.60. The number of anilines is 4. The number of nitrogens with one attached hydrogen (secondary N) is 2. The molecule has 162 valence electrons. The number of aromatic amines is 1. The quantitative estimate of drug-likeness (QED) is 0.322. The summed E-state index contributed by atoms with van der Waals surface area (Å²) in [5.41, 5.74) is 3.90. The molecule has 3 heterocycles. The van der Waals surface area contributed by atoms with Crippen molar-refractivity contribution in [3.05, 3.63) is 61.1 Å². The first-order valence-electron chi connectivity index (χ1n) is 10.6. The van der Waals surface area contributed by atoms with Gasteiger partial charge in [0, 0.05) is 42.9 Å². The highest BCUT2D eigenvalue weighted by atomic mass is 16.2. The van der Waals surface area contributed by atoms with Gasteiger partial charge in [-0.3, -0.25) is 9.78 Å². The van der Waals surface area contributed by atoms with E-state index >= 15 is 0 Å². The average molecular weight is 429 g/mol. The number of aryl methyl sites for hydroxylation is 1. The molecule has 0 saturated carbocycles. The summed E-state index contributed by atoms with van der Waals surface area (Å²) in [6, 6.07) is 14.0. The highest BCUT2D eigenvalue weighted by Gasteiger charge is 2.15. The van der Waals surface area contributed by atoms with Crippen LogP contribution in [0.2, 0.25) is 0 Å². The minimum Gasteiger partial charge on any atom is -0.396 e. The Morgan fingerprint density at radius 3 is 2.97 bits per heavy atom. The average Bonchev–Trinajstić information content (AvgIpc) is 3.44. The molecule has 0 bridgehead atoms. The summed E-state index contributed by atoms with van der Waals surface area (Å²) < 4.78 is 1.84. The number of aliphatic hydroxyl groups is 1. The SMILES string of the molecule is Cn1ncc2ccc(Nc3nccc(N(CCCCO)c4cccc5[nH]ncc45)n3)cc21. The number of aromatic nitrogens is 6. The van der Waals surface area contributed by atoms with Crippen LogP contribution in [0.15, 0.2) is 61.1 Å². The van der Waals surface area contributed by atoms with Crippen molar-refractivity contribution >= 4 is 44.9 Å². The van der Waals surface area contributed by atoms with Crippen molar-refractivity contribution in [2.75, 3.05) is 23.4 Å². The topological polar surface area (TPSA) is 108 Å². The van der Waals surface area contributed by atoms with Gasteiger partial charge in [0.2, 0.25) is 5.95 Å². The Bertz CT molecular complexity index is 1360. The highest BCUT2D eigenvalue weighted by Crippen LogP contribution is 2.31. The minimum atomic E-state index is 0.164. The lowest BCUT2D eigenvalue weighted by Crippen LogP contribution is -2.20. The van der Waals surface area contributed by atoms with Crippen molar-refractivity contribution in [2.24, 2.45) is 7.05 Å². The van der Waals surface area contributed by atoms with Crippen LogP contribution in [0, 0.1) is 0 Å². The smallest absolute Gasteiger partial charge is 0.229 e. The summed E-state index contributed by atoms with van der Waals surface area (Å²) in [5, 5.41) is 26.2. The van der Waals surface area contributed by atoms with Crippen molar-refractivity contribution in [2.45, 2.75) is 12.8 Å². The Morgan fingerprint density at radius 2 is 2.06 bits per heavy atom. The summed E-state index contributed by atoms with van der Waals surface area (Å²) >= 11 is 0. The molecule has 0 radical (unpaired) electrons. The zero-order valence-corrected chi connectivity index (χ0v) is 17.7. The van der Waals surface area contributed by atoms with Crippen molar-refractivity contribution < 1.29 is 5.11 Å². The Labute approximate surface area is 184 Å². The molecule has 0 fully saturated rings. The Kier molecular flexibility index (Phi) is 5.39. The van der Waals surface area contributed by atoms with E-state index in [-0.39, 0.29) is 6.61 Å². The lowest BCUT2D eigenvalue weighted by molar-refractivity contribution is 0.285. The number of unbranched alkanes of at least 4 members (excludes halogenated alkanes) is 1. The van der Waals surface area contributed by atoms with Gasteiger partial charge >= 0.3 is 0 Å². The van der Waals surface area contributed by atoms with Gasteiger partial charge in [-0.2, -0.15) is 15.2 Å². The molecule has 0 amide bonds. The summed E-state index contributed by atoms with van der Waals surface area (Å²) in [6.07, 6.45) is 6.97. The van der Waals surface area contributed by atoms with Crippen LogP contribution >= 0.6 is 0 Å². The molecule has 0 aliphatic carbocycles. The van der Waals surface area contributed by atoms with Crippen LogP contribution in [0.5, 0.6) is 0 Å². The molecule has 32 heavy (non-hydrogen) atoms. The molecule has 0 unspecified atom stereocenters. The zero-order valence-electron chi connectivity index (χ0n) is 17.7.